The van der Waals surface area contributed by atoms with Crippen LogP contribution in [0, 0.1) is 0 Å². The molecule has 0 amide bonds. The fraction of sp³-hybridized carbons (Fsp3) is 0.258. The van der Waals surface area contributed by atoms with Crippen molar-refractivity contribution in [2.24, 2.45) is 0 Å². The number of fused-ring (bicyclic) bond motifs is 3. The van der Waals surface area contributed by atoms with Gasteiger partial charge in [-0.15, -0.1) is 5.10 Å². The van der Waals surface area contributed by atoms with Crippen LogP contribution in [0.5, 0.6) is 5.75 Å². The van der Waals surface area contributed by atoms with Gasteiger partial charge in [-0.05, 0) is 79.1 Å². The van der Waals surface area contributed by atoms with E-state index in [0.717, 1.165) is 70.8 Å². The molecule has 0 saturated heterocycles. The van der Waals surface area contributed by atoms with Crippen molar-refractivity contribution in [2.45, 2.75) is 38.6 Å². The minimum Gasteiger partial charge on any atom is -0.497 e. The maximum absolute atomic E-state index is 12.9. The van der Waals surface area contributed by atoms with Crippen LogP contribution in [0.4, 0.5) is 4.39 Å². The standard InChI is InChI=1S/C31H28Cl2FN5O/c1-40-24-11-7-21(8-12-24)18-38-19-28(35-37-38)30-26-6-2-5-22-16-20(4-3-15-34)9-13-25(22)31(26)39(36-30)29-14-10-23(32)17-27(29)33/h7-14,16-17,19H,2-6,15,18H2,1H3. The molecule has 0 spiro atoms. The van der Waals surface area contributed by atoms with Gasteiger partial charge in [-0.1, -0.05) is 58.7 Å². The third-order valence-electron chi connectivity index (χ3n) is 7.30. The van der Waals surface area contributed by atoms with Gasteiger partial charge < -0.3 is 4.74 Å². The number of methoxy groups -OCH3 is 1. The normalized spacial score (nSPS) is 12.6. The van der Waals surface area contributed by atoms with Crippen LogP contribution < -0.4 is 4.74 Å². The van der Waals surface area contributed by atoms with E-state index in [9.17, 15) is 4.39 Å². The van der Waals surface area contributed by atoms with Gasteiger partial charge in [0.1, 0.15) is 17.1 Å². The van der Waals surface area contributed by atoms with Crippen LogP contribution in [0.15, 0.2) is 66.9 Å². The molecule has 0 N–H and O–H groups in total. The van der Waals surface area contributed by atoms with Crippen molar-refractivity contribution in [1.29, 1.82) is 0 Å². The molecule has 0 fully saturated rings. The Bertz CT molecular complexity index is 1660. The minimum atomic E-state index is -0.314. The summed E-state index contributed by atoms with van der Waals surface area (Å²) >= 11 is 12.9. The Morgan fingerprint density at radius 3 is 2.58 bits per heavy atom. The highest BCUT2D eigenvalue weighted by Crippen LogP contribution is 2.40. The number of alkyl halides is 1. The van der Waals surface area contributed by atoms with Gasteiger partial charge in [0, 0.05) is 16.1 Å². The molecule has 9 heteroatoms. The van der Waals surface area contributed by atoms with Crippen LogP contribution in [0.25, 0.3) is 28.3 Å². The summed E-state index contributed by atoms with van der Waals surface area (Å²) < 4.78 is 21.9. The van der Waals surface area contributed by atoms with Gasteiger partial charge in [0.2, 0.25) is 0 Å². The monoisotopic (exact) mass is 575 g/mol. The topological polar surface area (TPSA) is 57.8 Å². The van der Waals surface area contributed by atoms with Crippen molar-refractivity contribution in [2.75, 3.05) is 13.8 Å². The van der Waals surface area contributed by atoms with Crippen LogP contribution >= 0.6 is 23.2 Å². The summed E-state index contributed by atoms with van der Waals surface area (Å²) in [5.41, 5.74) is 8.92. The molecule has 0 unspecified atom stereocenters. The Balaban J connectivity index is 1.45. The lowest BCUT2D eigenvalue weighted by Gasteiger charge is -2.14. The van der Waals surface area contributed by atoms with Crippen LogP contribution in [0.2, 0.25) is 10.0 Å². The summed E-state index contributed by atoms with van der Waals surface area (Å²) in [6, 6.07) is 19.8. The Hall–Kier alpha value is -3.68. The van der Waals surface area contributed by atoms with Crippen LogP contribution in [0.1, 0.15) is 35.1 Å². The molecule has 2 aromatic heterocycles. The van der Waals surface area contributed by atoms with Crippen LogP contribution in [-0.4, -0.2) is 38.6 Å². The first-order chi connectivity index (χ1) is 19.5. The van der Waals surface area contributed by atoms with E-state index in [1.54, 1.807) is 13.2 Å². The molecule has 5 aromatic rings. The molecule has 6 rings (SSSR count). The van der Waals surface area contributed by atoms with Crippen molar-refractivity contribution < 1.29 is 9.13 Å². The van der Waals surface area contributed by atoms with E-state index in [2.05, 4.69) is 28.5 Å². The van der Waals surface area contributed by atoms with Gasteiger partial charge in [0.15, 0.2) is 0 Å². The smallest absolute Gasteiger partial charge is 0.133 e. The first-order valence-electron chi connectivity index (χ1n) is 13.3. The van der Waals surface area contributed by atoms with E-state index in [-0.39, 0.29) is 6.67 Å². The summed E-state index contributed by atoms with van der Waals surface area (Å²) in [5.74, 6) is 0.812. The van der Waals surface area contributed by atoms with Crippen molar-refractivity contribution in [1.82, 2.24) is 24.8 Å². The quantitative estimate of drug-likeness (QED) is 0.191. The van der Waals surface area contributed by atoms with Crippen molar-refractivity contribution in [3.05, 3.63) is 99.2 Å². The van der Waals surface area contributed by atoms with Crippen LogP contribution in [0.3, 0.4) is 0 Å². The van der Waals surface area contributed by atoms with E-state index in [0.29, 0.717) is 28.7 Å². The third-order valence-corrected chi connectivity index (χ3v) is 7.84. The van der Waals surface area contributed by atoms with E-state index in [4.69, 9.17) is 33.0 Å². The zero-order valence-electron chi connectivity index (χ0n) is 22.1. The lowest BCUT2D eigenvalue weighted by Crippen LogP contribution is -2.02. The van der Waals surface area contributed by atoms with E-state index in [1.165, 1.54) is 5.56 Å². The van der Waals surface area contributed by atoms with Gasteiger partial charge in [-0.2, -0.15) is 5.10 Å². The highest BCUT2D eigenvalue weighted by atomic mass is 35.5. The predicted octanol–water partition coefficient (Wildman–Crippen LogP) is 7.55. The van der Waals surface area contributed by atoms with E-state index >= 15 is 0 Å². The summed E-state index contributed by atoms with van der Waals surface area (Å²) in [5, 5.41) is 15.1. The van der Waals surface area contributed by atoms with Crippen molar-refractivity contribution in [3.8, 4) is 34.1 Å². The zero-order valence-corrected chi connectivity index (χ0v) is 23.6. The number of halogens is 3. The maximum atomic E-state index is 12.9. The van der Waals surface area contributed by atoms with E-state index in [1.807, 2.05) is 52.0 Å². The molecule has 1 aliphatic rings. The molecular weight excluding hydrogens is 548 g/mol. The fourth-order valence-electron chi connectivity index (χ4n) is 5.37. The SMILES string of the molecule is COc1ccc(Cn2cc(-c3nn(-c4ccc(Cl)cc4Cl)c4c3CCCc3cc(CCCF)ccc3-4)nn2)cc1. The molecule has 1 aliphatic carbocycles. The molecular formula is C31H28Cl2FN5O. The molecule has 3 aromatic carbocycles. The van der Waals surface area contributed by atoms with Gasteiger partial charge in [-0.3, -0.25) is 4.39 Å². The summed E-state index contributed by atoms with van der Waals surface area (Å²) in [6.45, 7) is 0.263. The summed E-state index contributed by atoms with van der Waals surface area (Å²) in [7, 11) is 1.65. The number of hydrogen-bond donors (Lipinski definition) is 0. The Morgan fingerprint density at radius 1 is 0.975 bits per heavy atom. The second-order valence-electron chi connectivity index (χ2n) is 9.97. The lowest BCUT2D eigenvalue weighted by atomic mass is 9.97. The van der Waals surface area contributed by atoms with Gasteiger partial charge in [0.05, 0.1) is 42.9 Å². The third kappa shape index (κ3) is 5.23. The average Bonchev–Trinajstić information content (AvgIpc) is 3.52. The number of rotatable bonds is 8. The van der Waals surface area contributed by atoms with E-state index < -0.39 is 0 Å². The van der Waals surface area contributed by atoms with Gasteiger partial charge >= 0.3 is 0 Å². The van der Waals surface area contributed by atoms with Crippen LogP contribution in [-0.2, 0) is 25.8 Å². The largest absolute Gasteiger partial charge is 0.497 e. The second kappa shape index (κ2) is 11.4. The Labute approximate surface area is 242 Å². The summed E-state index contributed by atoms with van der Waals surface area (Å²) in [4.78, 5) is 0. The zero-order chi connectivity index (χ0) is 27.6. The van der Waals surface area contributed by atoms with Crippen molar-refractivity contribution >= 4 is 23.2 Å². The first kappa shape index (κ1) is 26.5. The lowest BCUT2D eigenvalue weighted by molar-refractivity contribution is 0.414. The fourth-order valence-corrected chi connectivity index (χ4v) is 5.85. The molecule has 40 heavy (non-hydrogen) atoms. The maximum Gasteiger partial charge on any atom is 0.133 e. The second-order valence-corrected chi connectivity index (χ2v) is 10.8. The minimum absolute atomic E-state index is 0.314. The molecule has 0 saturated carbocycles. The highest BCUT2D eigenvalue weighted by Gasteiger charge is 2.27. The highest BCUT2D eigenvalue weighted by molar-refractivity contribution is 6.35. The van der Waals surface area contributed by atoms with Crippen molar-refractivity contribution in [3.63, 3.8) is 0 Å². The van der Waals surface area contributed by atoms with Gasteiger partial charge in [0.25, 0.3) is 0 Å². The predicted molar refractivity (Wildman–Crippen MR) is 156 cm³/mol. The molecule has 0 radical (unpaired) electrons. The number of aromatic nitrogens is 5. The molecule has 6 nitrogen and oxygen atoms in total. The Kier molecular flexibility index (Phi) is 7.59. The Morgan fingerprint density at radius 2 is 1.80 bits per heavy atom. The molecule has 0 aliphatic heterocycles. The first-order valence-corrected chi connectivity index (χ1v) is 14.1. The average molecular weight is 577 g/mol. The molecule has 204 valence electrons. The molecule has 0 bridgehead atoms. The number of benzene rings is 3. The number of ether oxygens (including phenoxy) is 1. The van der Waals surface area contributed by atoms with Gasteiger partial charge in [-0.25, -0.2) is 9.36 Å². The molecule has 0 atom stereocenters. The number of aryl methyl sites for hydroxylation is 2. The number of hydrogen-bond acceptors (Lipinski definition) is 4. The molecule has 2 heterocycles. The number of nitrogens with zero attached hydrogens (tertiary/aromatic N) is 5. The summed E-state index contributed by atoms with van der Waals surface area (Å²) in [6.07, 6.45) is 5.90.